The van der Waals surface area contributed by atoms with Crippen molar-refractivity contribution < 1.29 is 18.3 Å². The highest BCUT2D eigenvalue weighted by atomic mass is 32.2. The van der Waals surface area contributed by atoms with Crippen LogP contribution in [0.1, 0.15) is 5.56 Å². The van der Waals surface area contributed by atoms with Crippen molar-refractivity contribution in [2.45, 2.75) is 9.79 Å². The Kier molecular flexibility index (Phi) is 3.72. The molecule has 0 unspecified atom stereocenters. The first-order valence-corrected chi connectivity index (χ1v) is 7.24. The highest BCUT2D eigenvalue weighted by Gasteiger charge is 2.23. The van der Waals surface area contributed by atoms with E-state index in [4.69, 9.17) is 5.11 Å². The molecule has 0 aromatic heterocycles. The maximum atomic E-state index is 12.5. The summed E-state index contributed by atoms with van der Waals surface area (Å²) in [5, 5.41) is 9.00. The van der Waals surface area contributed by atoms with Gasteiger partial charge in [-0.15, -0.1) is 0 Å². The van der Waals surface area contributed by atoms with Crippen molar-refractivity contribution in [3.63, 3.8) is 0 Å². The summed E-state index contributed by atoms with van der Waals surface area (Å²) < 4.78 is 25.1. The second kappa shape index (κ2) is 5.30. The van der Waals surface area contributed by atoms with E-state index < -0.39 is 15.8 Å². The summed E-state index contributed by atoms with van der Waals surface area (Å²) in [5.74, 6) is -1.25. The van der Waals surface area contributed by atoms with Crippen LogP contribution in [0.25, 0.3) is 5.57 Å². The Hall–Kier alpha value is -2.40. The third-order valence-corrected chi connectivity index (χ3v) is 4.64. The van der Waals surface area contributed by atoms with Crippen molar-refractivity contribution in [1.82, 2.24) is 0 Å². The van der Waals surface area contributed by atoms with Crippen LogP contribution in [0, 0.1) is 0 Å². The zero-order valence-corrected chi connectivity index (χ0v) is 11.3. The number of carboxylic acids is 1. The first-order valence-electron chi connectivity index (χ1n) is 5.76. The smallest absolute Gasteiger partial charge is 0.335 e. The molecular weight excluding hydrogens is 276 g/mol. The summed E-state index contributed by atoms with van der Waals surface area (Å²) in [6.45, 7) is 3.43. The fourth-order valence-corrected chi connectivity index (χ4v) is 3.30. The maximum Gasteiger partial charge on any atom is 0.335 e. The van der Waals surface area contributed by atoms with Crippen LogP contribution in [0.5, 0.6) is 0 Å². The van der Waals surface area contributed by atoms with Crippen molar-refractivity contribution in [3.8, 4) is 0 Å². The molecule has 1 N–H and O–H groups in total. The molecular formula is C15H12O4S. The van der Waals surface area contributed by atoms with Crippen LogP contribution in [0.2, 0.25) is 0 Å². The van der Waals surface area contributed by atoms with Crippen LogP contribution in [-0.2, 0) is 14.6 Å². The predicted octanol–water partition coefficient (Wildman–Crippen LogP) is 2.62. The van der Waals surface area contributed by atoms with Crippen LogP contribution in [0.15, 0.2) is 71.0 Å². The normalized spacial score (nSPS) is 11.0. The predicted molar refractivity (Wildman–Crippen MR) is 75.0 cm³/mol. The van der Waals surface area contributed by atoms with E-state index >= 15 is 0 Å². The minimum Gasteiger partial charge on any atom is -0.478 e. The molecule has 5 heteroatoms. The lowest BCUT2D eigenvalue weighted by atomic mass is 10.1. The van der Waals surface area contributed by atoms with Gasteiger partial charge in [0, 0.05) is 5.56 Å². The number of carboxylic acid groups (broad SMARTS) is 1. The van der Waals surface area contributed by atoms with Gasteiger partial charge in [-0.25, -0.2) is 13.2 Å². The molecule has 0 heterocycles. The van der Waals surface area contributed by atoms with Crippen LogP contribution in [0.3, 0.4) is 0 Å². The first-order chi connectivity index (χ1) is 9.44. The van der Waals surface area contributed by atoms with Crippen molar-refractivity contribution in [2.24, 2.45) is 0 Å². The summed E-state index contributed by atoms with van der Waals surface area (Å²) in [4.78, 5) is 11.1. The molecule has 0 bridgehead atoms. The Labute approximate surface area is 116 Å². The molecule has 0 spiro atoms. The van der Waals surface area contributed by atoms with Gasteiger partial charge in [0.2, 0.25) is 9.84 Å². The van der Waals surface area contributed by atoms with E-state index in [1.165, 1.54) is 24.3 Å². The molecule has 2 rings (SSSR count). The van der Waals surface area contributed by atoms with Crippen molar-refractivity contribution >= 4 is 21.4 Å². The Morgan fingerprint density at radius 2 is 1.50 bits per heavy atom. The van der Waals surface area contributed by atoms with Crippen molar-refractivity contribution in [3.05, 3.63) is 66.7 Å². The van der Waals surface area contributed by atoms with Gasteiger partial charge < -0.3 is 5.11 Å². The lowest BCUT2D eigenvalue weighted by Crippen LogP contribution is -2.08. The number of sulfone groups is 1. The minimum absolute atomic E-state index is 0.0569. The van der Waals surface area contributed by atoms with E-state index in [1.54, 1.807) is 30.3 Å². The molecule has 0 aliphatic heterocycles. The van der Waals surface area contributed by atoms with E-state index in [1.807, 2.05) is 0 Å². The molecule has 0 saturated carbocycles. The fraction of sp³-hybridized carbons (Fsp3) is 0. The minimum atomic E-state index is -3.77. The van der Waals surface area contributed by atoms with E-state index in [0.29, 0.717) is 0 Å². The van der Waals surface area contributed by atoms with Crippen LogP contribution < -0.4 is 0 Å². The summed E-state index contributed by atoms with van der Waals surface area (Å²) in [6.07, 6.45) is 0. The third-order valence-electron chi connectivity index (χ3n) is 2.81. The molecule has 0 atom stereocenters. The van der Waals surface area contributed by atoms with Gasteiger partial charge in [0.15, 0.2) is 0 Å². The number of hydrogen-bond acceptors (Lipinski definition) is 3. The molecule has 20 heavy (non-hydrogen) atoms. The molecule has 0 aliphatic rings. The van der Waals surface area contributed by atoms with Gasteiger partial charge in [0.25, 0.3) is 0 Å². The highest BCUT2D eigenvalue weighted by molar-refractivity contribution is 7.91. The Morgan fingerprint density at radius 1 is 0.950 bits per heavy atom. The lowest BCUT2D eigenvalue weighted by molar-refractivity contribution is -0.130. The standard InChI is InChI=1S/C15H12O4S/c1-11(15(16)17)13-9-5-6-10-14(13)20(18,19)12-7-3-2-4-8-12/h2-10H,1H2,(H,16,17). The SMILES string of the molecule is C=C(C(=O)O)c1ccccc1S(=O)(=O)c1ccccc1. The quantitative estimate of drug-likeness (QED) is 0.878. The third kappa shape index (κ3) is 2.48. The summed E-state index contributed by atoms with van der Waals surface area (Å²) >= 11 is 0. The van der Waals surface area contributed by atoms with Gasteiger partial charge in [-0.2, -0.15) is 0 Å². The molecule has 0 aliphatic carbocycles. The zero-order chi connectivity index (χ0) is 14.8. The molecule has 2 aromatic carbocycles. The van der Waals surface area contributed by atoms with Gasteiger partial charge in [-0.05, 0) is 18.2 Å². The number of hydrogen-bond donors (Lipinski definition) is 1. The average Bonchev–Trinajstić information content (AvgIpc) is 2.47. The van der Waals surface area contributed by atoms with Gasteiger partial charge in [-0.3, -0.25) is 0 Å². The van der Waals surface area contributed by atoms with E-state index in [9.17, 15) is 13.2 Å². The summed E-state index contributed by atoms with van der Waals surface area (Å²) in [6, 6.07) is 13.8. The van der Waals surface area contributed by atoms with E-state index in [-0.39, 0.29) is 20.9 Å². The summed E-state index contributed by atoms with van der Waals surface area (Å²) in [7, 11) is -3.77. The Bertz CT molecular complexity index is 761. The number of benzene rings is 2. The first kappa shape index (κ1) is 14.0. The fourth-order valence-electron chi connectivity index (χ4n) is 1.79. The molecule has 4 nitrogen and oxygen atoms in total. The highest BCUT2D eigenvalue weighted by Crippen LogP contribution is 2.27. The topological polar surface area (TPSA) is 71.4 Å². The molecule has 102 valence electrons. The second-order valence-electron chi connectivity index (χ2n) is 4.10. The van der Waals surface area contributed by atoms with Gasteiger partial charge in [0.1, 0.15) is 0 Å². The van der Waals surface area contributed by atoms with Gasteiger partial charge >= 0.3 is 5.97 Å². The van der Waals surface area contributed by atoms with Gasteiger partial charge in [0.05, 0.1) is 15.4 Å². The van der Waals surface area contributed by atoms with Gasteiger partial charge in [-0.1, -0.05) is 43.0 Å². The monoisotopic (exact) mass is 288 g/mol. The summed E-state index contributed by atoms with van der Waals surface area (Å²) in [5.41, 5.74) is -0.149. The van der Waals surface area contributed by atoms with E-state index in [2.05, 4.69) is 6.58 Å². The second-order valence-corrected chi connectivity index (χ2v) is 6.01. The number of carbonyl (C=O) groups is 1. The maximum absolute atomic E-state index is 12.5. The van der Waals surface area contributed by atoms with Crippen LogP contribution in [-0.4, -0.2) is 19.5 Å². The van der Waals surface area contributed by atoms with E-state index in [0.717, 1.165) is 0 Å². The number of rotatable bonds is 4. The lowest BCUT2D eigenvalue weighted by Gasteiger charge is -2.10. The van der Waals surface area contributed by atoms with Crippen molar-refractivity contribution in [1.29, 1.82) is 0 Å². The zero-order valence-electron chi connectivity index (χ0n) is 10.5. The molecule has 0 amide bonds. The Balaban J connectivity index is 2.65. The molecule has 2 aromatic rings. The Morgan fingerprint density at radius 3 is 2.10 bits per heavy atom. The number of aliphatic carboxylic acids is 1. The van der Waals surface area contributed by atoms with Crippen molar-refractivity contribution in [2.75, 3.05) is 0 Å². The molecule has 0 saturated heterocycles. The largest absolute Gasteiger partial charge is 0.478 e. The van der Waals surface area contributed by atoms with Crippen LogP contribution in [0.4, 0.5) is 0 Å². The van der Waals surface area contributed by atoms with Crippen LogP contribution >= 0.6 is 0 Å². The molecule has 0 radical (unpaired) electrons. The average molecular weight is 288 g/mol. The molecule has 0 fully saturated rings.